The molecule has 2 aliphatic rings. The van der Waals surface area contributed by atoms with Crippen LogP contribution in [0.4, 0.5) is 0 Å². The molecule has 0 aromatic rings. The summed E-state index contributed by atoms with van der Waals surface area (Å²) in [5.74, 6) is 0.0988. The number of hydrogen-bond donors (Lipinski definition) is 1. The van der Waals surface area contributed by atoms with Crippen LogP contribution in [0.3, 0.4) is 0 Å². The van der Waals surface area contributed by atoms with E-state index in [1.807, 2.05) is 4.90 Å². The third-order valence-corrected chi connectivity index (χ3v) is 2.99. The van der Waals surface area contributed by atoms with Crippen LogP contribution in [0, 0.1) is 0 Å². The fourth-order valence-electron chi connectivity index (χ4n) is 2.05. The van der Waals surface area contributed by atoms with Gasteiger partial charge in [-0.3, -0.25) is 4.79 Å². The predicted molar refractivity (Wildman–Crippen MR) is 54.6 cm³/mol. The molecule has 15 heavy (non-hydrogen) atoms. The molecule has 1 amide bonds. The summed E-state index contributed by atoms with van der Waals surface area (Å²) >= 11 is 0. The summed E-state index contributed by atoms with van der Waals surface area (Å²) in [6.45, 7) is 3.59. The van der Waals surface area contributed by atoms with Crippen LogP contribution in [0.15, 0.2) is 0 Å². The van der Waals surface area contributed by atoms with Crippen molar-refractivity contribution < 1.29 is 14.3 Å². The number of likely N-dealkylation sites (tertiary alicyclic amines) is 1. The van der Waals surface area contributed by atoms with Gasteiger partial charge >= 0.3 is 0 Å². The summed E-state index contributed by atoms with van der Waals surface area (Å²) in [4.78, 5) is 13.8. The molecule has 2 rings (SSSR count). The zero-order chi connectivity index (χ0) is 10.7. The minimum absolute atomic E-state index is 0.0988. The van der Waals surface area contributed by atoms with Crippen molar-refractivity contribution in [1.82, 2.24) is 10.2 Å². The molecule has 2 fully saturated rings. The van der Waals surface area contributed by atoms with Crippen molar-refractivity contribution in [2.75, 3.05) is 39.9 Å². The number of ether oxygens (including phenoxy) is 2. The van der Waals surface area contributed by atoms with Gasteiger partial charge in [0, 0.05) is 33.3 Å². The van der Waals surface area contributed by atoms with Gasteiger partial charge in [-0.15, -0.1) is 0 Å². The SMILES string of the molecule is COC1CCN(C(=O)C2CNCCO2)C1. The molecule has 0 aliphatic carbocycles. The van der Waals surface area contributed by atoms with Gasteiger partial charge in [0.15, 0.2) is 0 Å². The van der Waals surface area contributed by atoms with E-state index < -0.39 is 0 Å². The molecule has 0 aromatic heterocycles. The Hall–Kier alpha value is -0.650. The van der Waals surface area contributed by atoms with Crippen LogP contribution >= 0.6 is 0 Å². The minimum atomic E-state index is -0.297. The Kier molecular flexibility index (Phi) is 3.56. The van der Waals surface area contributed by atoms with Crippen LogP contribution in [-0.2, 0) is 14.3 Å². The number of rotatable bonds is 2. The third kappa shape index (κ3) is 2.48. The molecular formula is C10H18N2O3. The van der Waals surface area contributed by atoms with E-state index in [0.29, 0.717) is 19.7 Å². The first-order valence-corrected chi connectivity index (χ1v) is 5.45. The van der Waals surface area contributed by atoms with Gasteiger partial charge in [-0.2, -0.15) is 0 Å². The van der Waals surface area contributed by atoms with Gasteiger partial charge in [-0.25, -0.2) is 0 Å². The van der Waals surface area contributed by atoms with Gasteiger partial charge in [0.05, 0.1) is 12.7 Å². The normalized spacial score (nSPS) is 31.9. The quantitative estimate of drug-likeness (QED) is 0.655. The molecule has 86 valence electrons. The molecule has 0 radical (unpaired) electrons. The predicted octanol–water partition coefficient (Wildman–Crippen LogP) is -0.778. The second-order valence-corrected chi connectivity index (χ2v) is 3.99. The highest BCUT2D eigenvalue weighted by molar-refractivity contribution is 5.81. The van der Waals surface area contributed by atoms with Gasteiger partial charge < -0.3 is 19.7 Å². The smallest absolute Gasteiger partial charge is 0.253 e. The van der Waals surface area contributed by atoms with Gasteiger partial charge in [-0.05, 0) is 6.42 Å². The summed E-state index contributed by atoms with van der Waals surface area (Å²) in [6.07, 6.45) is 0.836. The number of amides is 1. The highest BCUT2D eigenvalue weighted by atomic mass is 16.5. The lowest BCUT2D eigenvalue weighted by Crippen LogP contribution is -2.49. The molecular weight excluding hydrogens is 196 g/mol. The van der Waals surface area contributed by atoms with Gasteiger partial charge in [0.25, 0.3) is 5.91 Å². The number of carbonyl (C=O) groups is 1. The van der Waals surface area contributed by atoms with Crippen molar-refractivity contribution in [2.24, 2.45) is 0 Å². The maximum atomic E-state index is 12.0. The molecule has 0 bridgehead atoms. The molecule has 5 heteroatoms. The minimum Gasteiger partial charge on any atom is -0.380 e. The van der Waals surface area contributed by atoms with Gasteiger partial charge in [0.1, 0.15) is 6.10 Å². The second-order valence-electron chi connectivity index (χ2n) is 3.99. The van der Waals surface area contributed by atoms with Crippen LogP contribution in [0.1, 0.15) is 6.42 Å². The molecule has 5 nitrogen and oxygen atoms in total. The van der Waals surface area contributed by atoms with Crippen LogP contribution in [-0.4, -0.2) is 62.9 Å². The molecule has 2 aliphatic heterocycles. The van der Waals surface area contributed by atoms with Crippen LogP contribution < -0.4 is 5.32 Å². The zero-order valence-corrected chi connectivity index (χ0v) is 9.07. The number of nitrogens with one attached hydrogen (secondary N) is 1. The summed E-state index contributed by atoms with van der Waals surface area (Å²) < 4.78 is 10.7. The Morgan fingerprint density at radius 1 is 1.60 bits per heavy atom. The summed E-state index contributed by atoms with van der Waals surface area (Å²) in [5, 5.41) is 3.16. The number of nitrogens with zero attached hydrogens (tertiary/aromatic N) is 1. The maximum absolute atomic E-state index is 12.0. The van der Waals surface area contributed by atoms with E-state index in [9.17, 15) is 4.79 Å². The highest BCUT2D eigenvalue weighted by Crippen LogP contribution is 2.14. The number of methoxy groups -OCH3 is 1. The Labute approximate surface area is 89.7 Å². The van der Waals surface area contributed by atoms with E-state index in [2.05, 4.69) is 5.32 Å². The first-order valence-electron chi connectivity index (χ1n) is 5.45. The topological polar surface area (TPSA) is 50.8 Å². The Morgan fingerprint density at radius 3 is 3.07 bits per heavy atom. The second kappa shape index (κ2) is 4.92. The van der Waals surface area contributed by atoms with E-state index in [1.165, 1.54) is 0 Å². The van der Waals surface area contributed by atoms with E-state index in [4.69, 9.17) is 9.47 Å². The van der Waals surface area contributed by atoms with E-state index >= 15 is 0 Å². The van der Waals surface area contributed by atoms with Crippen LogP contribution in [0.25, 0.3) is 0 Å². The van der Waals surface area contributed by atoms with Crippen molar-refractivity contribution in [3.8, 4) is 0 Å². The largest absolute Gasteiger partial charge is 0.380 e. The van der Waals surface area contributed by atoms with Crippen LogP contribution in [0.2, 0.25) is 0 Å². The number of carbonyl (C=O) groups excluding carboxylic acids is 1. The van der Waals surface area contributed by atoms with E-state index in [0.717, 1.165) is 19.5 Å². The van der Waals surface area contributed by atoms with Gasteiger partial charge in [-0.1, -0.05) is 0 Å². The third-order valence-electron chi connectivity index (χ3n) is 2.99. The lowest BCUT2D eigenvalue weighted by Gasteiger charge is -2.27. The first kappa shape index (κ1) is 10.9. The van der Waals surface area contributed by atoms with Gasteiger partial charge in [0.2, 0.25) is 0 Å². The maximum Gasteiger partial charge on any atom is 0.253 e. The summed E-state index contributed by atoms with van der Waals surface area (Å²) in [6, 6.07) is 0. The monoisotopic (exact) mass is 214 g/mol. The zero-order valence-electron chi connectivity index (χ0n) is 9.07. The number of hydrogen-bond acceptors (Lipinski definition) is 4. The molecule has 1 N–H and O–H groups in total. The fourth-order valence-corrected chi connectivity index (χ4v) is 2.05. The first-order chi connectivity index (χ1) is 7.31. The Balaban J connectivity index is 1.85. The van der Waals surface area contributed by atoms with Crippen molar-refractivity contribution in [3.05, 3.63) is 0 Å². The molecule has 0 spiro atoms. The summed E-state index contributed by atoms with van der Waals surface area (Å²) in [7, 11) is 1.69. The van der Waals surface area contributed by atoms with Crippen molar-refractivity contribution >= 4 is 5.91 Å². The fraction of sp³-hybridized carbons (Fsp3) is 0.900. The average Bonchev–Trinajstić information content (AvgIpc) is 2.78. The molecule has 2 unspecified atom stereocenters. The summed E-state index contributed by atoms with van der Waals surface area (Å²) in [5.41, 5.74) is 0. The molecule has 2 heterocycles. The van der Waals surface area contributed by atoms with E-state index in [-0.39, 0.29) is 18.1 Å². The van der Waals surface area contributed by atoms with Crippen LogP contribution in [0.5, 0.6) is 0 Å². The number of morpholine rings is 1. The Morgan fingerprint density at radius 2 is 2.47 bits per heavy atom. The van der Waals surface area contributed by atoms with Crippen molar-refractivity contribution in [3.63, 3.8) is 0 Å². The van der Waals surface area contributed by atoms with E-state index in [1.54, 1.807) is 7.11 Å². The molecule has 0 aromatic carbocycles. The Bertz CT molecular complexity index is 229. The van der Waals surface area contributed by atoms with Crippen molar-refractivity contribution in [1.29, 1.82) is 0 Å². The lowest BCUT2D eigenvalue weighted by atomic mass is 10.2. The lowest BCUT2D eigenvalue weighted by molar-refractivity contribution is -0.144. The molecule has 0 saturated carbocycles. The van der Waals surface area contributed by atoms with Crippen molar-refractivity contribution in [2.45, 2.75) is 18.6 Å². The molecule has 2 saturated heterocycles. The standard InChI is InChI=1S/C10H18N2O3/c1-14-8-2-4-12(7-8)10(13)9-6-11-3-5-15-9/h8-9,11H,2-7H2,1H3. The highest BCUT2D eigenvalue weighted by Gasteiger charge is 2.32. The molecule has 2 atom stereocenters. The average molecular weight is 214 g/mol.